The van der Waals surface area contributed by atoms with Gasteiger partial charge in [0.05, 0.1) is 16.7 Å². The predicted molar refractivity (Wildman–Crippen MR) is 334 cm³/mol. The van der Waals surface area contributed by atoms with E-state index in [-0.39, 0.29) is 26.5 Å². The third-order valence-corrected chi connectivity index (χ3v) is 17.1. The molecule has 1 aliphatic rings. The van der Waals surface area contributed by atoms with Crippen molar-refractivity contribution in [1.29, 1.82) is 0 Å². The van der Waals surface area contributed by atoms with Crippen LogP contribution in [0.5, 0.6) is 11.5 Å². The molecule has 390 valence electrons. The minimum absolute atomic E-state index is 0. The zero-order chi connectivity index (χ0) is 53.7. The molecule has 6 heterocycles. The maximum atomic E-state index is 7.18. The van der Waals surface area contributed by atoms with Gasteiger partial charge >= 0.3 is 0 Å². The van der Waals surface area contributed by atoms with E-state index in [1.54, 1.807) is 0 Å². The van der Waals surface area contributed by atoms with Crippen molar-refractivity contribution in [2.75, 3.05) is 0 Å². The number of fused-ring (bicyclic) bond motifs is 24. The van der Waals surface area contributed by atoms with Crippen LogP contribution in [0.1, 0.15) is 26.3 Å². The number of ether oxygens (including phenoxy) is 1. The van der Waals surface area contributed by atoms with E-state index in [0.717, 1.165) is 126 Å². The third kappa shape index (κ3) is 6.96. The molecule has 0 bridgehead atoms. The van der Waals surface area contributed by atoms with Gasteiger partial charge in [-0.05, 0) is 110 Å². The Balaban J connectivity index is 0.00000553. The molecule has 0 aliphatic carbocycles. The van der Waals surface area contributed by atoms with Crippen LogP contribution in [0.3, 0.4) is 0 Å². The fraction of sp³-hybridized carbons (Fsp3) is 0.0526. The van der Waals surface area contributed by atoms with Crippen LogP contribution in [0.25, 0.3) is 148 Å². The fourth-order valence-electron chi connectivity index (χ4n) is 13.6. The van der Waals surface area contributed by atoms with E-state index in [4.69, 9.17) is 9.72 Å². The van der Waals surface area contributed by atoms with Crippen molar-refractivity contribution in [3.8, 4) is 50.6 Å². The maximum Gasteiger partial charge on any atom is 0.268 e. The minimum Gasteiger partial charge on any atom is -0.510 e. The van der Waals surface area contributed by atoms with Crippen LogP contribution in [0.2, 0.25) is 0 Å². The Labute approximate surface area is 487 Å². The van der Waals surface area contributed by atoms with Gasteiger partial charge < -0.3 is 13.5 Å². The molecule has 0 spiro atoms. The van der Waals surface area contributed by atoms with Gasteiger partial charge in [-0.25, -0.2) is 4.98 Å². The fourth-order valence-corrected chi connectivity index (χ4v) is 13.6. The van der Waals surface area contributed by atoms with Crippen LogP contribution in [-0.2, 0) is 26.5 Å². The first-order chi connectivity index (χ1) is 39.9. The van der Waals surface area contributed by atoms with E-state index in [1.807, 2.05) is 6.20 Å². The molecular formula is C76H48N4OPt-2. The molecule has 5 nitrogen and oxygen atoms in total. The van der Waals surface area contributed by atoms with Gasteiger partial charge in [0.2, 0.25) is 0 Å². The van der Waals surface area contributed by atoms with E-state index >= 15 is 0 Å². The molecule has 16 aromatic rings. The summed E-state index contributed by atoms with van der Waals surface area (Å²) in [5.74, 6) is 1.12. The summed E-state index contributed by atoms with van der Waals surface area (Å²) in [4.78, 5) is 5.36. The summed E-state index contributed by atoms with van der Waals surface area (Å²) in [5, 5.41) is 15.7. The minimum atomic E-state index is -0.200. The maximum absolute atomic E-state index is 7.18. The van der Waals surface area contributed by atoms with Gasteiger partial charge in [-0.1, -0.05) is 226 Å². The molecule has 0 fully saturated rings. The molecule has 0 saturated heterocycles. The average molecular weight is 1230 g/mol. The Morgan fingerprint density at radius 1 is 0.390 bits per heavy atom. The molecule has 0 N–H and O–H groups in total. The second kappa shape index (κ2) is 18.2. The molecule has 0 amide bonds. The van der Waals surface area contributed by atoms with E-state index in [9.17, 15) is 0 Å². The standard InChI is InChI=1S/C76H48N4O.Pt/c1-76(2,3)67-41-42-77-75-71(67)62-31-15-14-26-55(62)52-23-8-11-27-56(52)63-32-18-33-64-61-38-36-47(44-70(61)80(75)72(63)64)81-46-35-37-60-54-25-10-5-20-49(54)51-22-7-13-29-58(51)66-40-39-65-57-28-12-6-21-50(57)48-19-4-9-24-53(48)59-30-16-17-34-68(59)78-45-79(69(60)43-46)74(66)73(65)78;/h4-42H,1-3H3;/q-2;. The molecule has 0 unspecified atom stereocenters. The van der Waals surface area contributed by atoms with Crippen LogP contribution >= 0.6 is 0 Å². The number of rotatable bonds is 2. The van der Waals surface area contributed by atoms with E-state index < -0.39 is 0 Å². The van der Waals surface area contributed by atoms with Crippen molar-refractivity contribution < 1.29 is 30.4 Å². The molecule has 82 heavy (non-hydrogen) atoms. The van der Waals surface area contributed by atoms with Crippen LogP contribution in [0.15, 0.2) is 237 Å². The SMILES string of the molecule is CC(C)(C)c1ccnc2c1c1ccccc1c1ccccc1c1cccc3c4ccc(Oc5[c-]c6c(cc5)c5ccccc5c5ccccc5c5ccc7c8c5n6[c-][n+]8-c5ccccc5-c5ccccc5-c5ccccc5-7)[c-]c4n2c13.[Pt]. The first-order valence-electron chi connectivity index (χ1n) is 27.8. The molecule has 0 saturated carbocycles. The zero-order valence-corrected chi connectivity index (χ0v) is 47.3. The first-order valence-corrected chi connectivity index (χ1v) is 27.8. The Kier molecular flexibility index (Phi) is 10.7. The van der Waals surface area contributed by atoms with Crippen LogP contribution in [0, 0.1) is 18.5 Å². The van der Waals surface area contributed by atoms with Crippen molar-refractivity contribution in [2.45, 2.75) is 26.2 Å². The Bertz CT molecular complexity index is 5510. The largest absolute Gasteiger partial charge is 0.510 e. The predicted octanol–water partition coefficient (Wildman–Crippen LogP) is 19.2. The number of pyridine rings is 1. The molecule has 17 rings (SSSR count). The second-order valence-electron chi connectivity index (χ2n) is 22.5. The summed E-state index contributed by atoms with van der Waals surface area (Å²) < 4.78 is 14.1. The molecule has 0 atom stereocenters. The summed E-state index contributed by atoms with van der Waals surface area (Å²) in [5.41, 5.74) is 14.7. The van der Waals surface area contributed by atoms with Crippen molar-refractivity contribution >= 4 is 109 Å². The summed E-state index contributed by atoms with van der Waals surface area (Å²) in [6, 6.07) is 91.4. The van der Waals surface area contributed by atoms with Gasteiger partial charge in [-0.15, -0.1) is 35.0 Å². The van der Waals surface area contributed by atoms with E-state index in [1.165, 1.54) is 27.5 Å². The second-order valence-corrected chi connectivity index (χ2v) is 22.5. The summed E-state index contributed by atoms with van der Waals surface area (Å²) in [7, 11) is 0. The molecule has 0 radical (unpaired) electrons. The number of benzene rings is 11. The molecule has 5 aromatic heterocycles. The first kappa shape index (κ1) is 48.3. The number of hydrogen-bond acceptors (Lipinski definition) is 2. The van der Waals surface area contributed by atoms with Crippen molar-refractivity contribution in [1.82, 2.24) is 13.8 Å². The number of imidazole rings is 1. The van der Waals surface area contributed by atoms with Crippen molar-refractivity contribution in [3.05, 3.63) is 261 Å². The van der Waals surface area contributed by atoms with Crippen molar-refractivity contribution in [3.63, 3.8) is 0 Å². The monoisotopic (exact) mass is 1230 g/mol. The van der Waals surface area contributed by atoms with Gasteiger partial charge in [0.15, 0.2) is 0 Å². The Morgan fingerprint density at radius 2 is 0.817 bits per heavy atom. The Morgan fingerprint density at radius 3 is 1.41 bits per heavy atom. The number of aromatic nitrogens is 4. The van der Waals surface area contributed by atoms with Gasteiger partial charge in [-0.3, -0.25) is 4.57 Å². The third-order valence-electron chi connectivity index (χ3n) is 17.1. The number of nitrogens with zero attached hydrogens (tertiary/aromatic N) is 4. The number of hydrogen-bond donors (Lipinski definition) is 0. The Hall–Kier alpha value is -9.67. The topological polar surface area (TPSA) is 34.8 Å². The molecule has 11 aromatic carbocycles. The van der Waals surface area contributed by atoms with E-state index in [2.05, 4.69) is 283 Å². The van der Waals surface area contributed by atoms with Crippen LogP contribution < -0.4 is 9.30 Å². The van der Waals surface area contributed by atoms with Gasteiger partial charge in [0, 0.05) is 55.1 Å². The van der Waals surface area contributed by atoms with E-state index in [0.29, 0.717) is 11.5 Å². The van der Waals surface area contributed by atoms with Gasteiger partial charge in [0.1, 0.15) is 5.65 Å². The van der Waals surface area contributed by atoms with Gasteiger partial charge in [-0.2, -0.15) is 12.1 Å². The summed E-state index contributed by atoms with van der Waals surface area (Å²) >= 11 is 0. The summed E-state index contributed by atoms with van der Waals surface area (Å²) in [6.45, 7) is 6.88. The molecular weight excluding hydrogens is 1180 g/mol. The average Bonchev–Trinajstić information content (AvgIpc) is 2.95. The normalized spacial score (nSPS) is 12.2. The van der Waals surface area contributed by atoms with Gasteiger partial charge in [0.25, 0.3) is 6.33 Å². The quantitative estimate of drug-likeness (QED) is 0.128. The van der Waals surface area contributed by atoms with Crippen LogP contribution in [0.4, 0.5) is 0 Å². The van der Waals surface area contributed by atoms with Crippen molar-refractivity contribution in [2.24, 2.45) is 0 Å². The molecule has 6 heteroatoms. The smallest absolute Gasteiger partial charge is 0.268 e. The zero-order valence-electron chi connectivity index (χ0n) is 45.0. The molecule has 1 aliphatic heterocycles. The van der Waals surface area contributed by atoms with Crippen LogP contribution in [-0.4, -0.2) is 13.8 Å². The number of para-hydroxylation sites is 2. The summed E-state index contributed by atoms with van der Waals surface area (Å²) in [6.07, 6.45) is 6.01.